The number of hydrogen-bond donors (Lipinski definition) is 1. The van der Waals surface area contributed by atoms with Gasteiger partial charge in [-0.1, -0.05) is 50.6 Å². The van der Waals surface area contributed by atoms with Gasteiger partial charge in [0.05, 0.1) is 0 Å². The molecule has 0 amide bonds. The van der Waals surface area contributed by atoms with Gasteiger partial charge in [0.2, 0.25) is 0 Å². The lowest BCUT2D eigenvalue weighted by Crippen LogP contribution is -2.41. The zero-order valence-corrected chi connectivity index (χ0v) is 11.3. The van der Waals surface area contributed by atoms with Crippen molar-refractivity contribution in [2.75, 3.05) is 7.05 Å². The quantitative estimate of drug-likeness (QED) is 0.798. The number of likely N-dealkylation sites (N-methyl/N-ethyl adjacent to an activating group) is 1. The molecule has 1 nitrogen and oxygen atoms in total. The Balaban J connectivity index is 2.78. The van der Waals surface area contributed by atoms with Crippen molar-refractivity contribution in [3.05, 3.63) is 35.4 Å². The first-order valence-corrected chi connectivity index (χ1v) is 6.22. The Hall–Kier alpha value is -0.820. The molecule has 0 bridgehead atoms. The van der Waals surface area contributed by atoms with Crippen LogP contribution in [0.4, 0.5) is 0 Å². The van der Waals surface area contributed by atoms with Crippen molar-refractivity contribution in [2.24, 2.45) is 5.41 Å². The second-order valence-corrected chi connectivity index (χ2v) is 5.38. The van der Waals surface area contributed by atoms with E-state index in [1.165, 1.54) is 17.5 Å². The minimum absolute atomic E-state index is 0.346. The third-order valence-electron chi connectivity index (χ3n) is 3.73. The lowest BCUT2D eigenvalue weighted by atomic mass is 9.79. The predicted octanol–water partition coefficient (Wildman–Crippen LogP) is 3.56. The van der Waals surface area contributed by atoms with Gasteiger partial charge in [-0.2, -0.15) is 0 Å². The molecule has 0 saturated heterocycles. The van der Waals surface area contributed by atoms with Crippen molar-refractivity contribution in [2.45, 2.75) is 46.6 Å². The maximum absolute atomic E-state index is 3.46. The number of aryl methyl sites for hydroxylation is 1. The monoisotopic (exact) mass is 219 g/mol. The van der Waals surface area contributed by atoms with Crippen LogP contribution in [0.15, 0.2) is 24.3 Å². The summed E-state index contributed by atoms with van der Waals surface area (Å²) in [5.74, 6) is 0. The normalized spacial score (nSPS) is 13.8. The van der Waals surface area contributed by atoms with Gasteiger partial charge >= 0.3 is 0 Å². The van der Waals surface area contributed by atoms with Gasteiger partial charge < -0.3 is 5.32 Å². The van der Waals surface area contributed by atoms with E-state index in [1.807, 2.05) is 0 Å². The van der Waals surface area contributed by atoms with Crippen LogP contribution in [0.3, 0.4) is 0 Å². The summed E-state index contributed by atoms with van der Waals surface area (Å²) in [5, 5.41) is 3.46. The molecule has 1 unspecified atom stereocenters. The summed E-state index contributed by atoms with van der Waals surface area (Å²) in [7, 11) is 2.07. The predicted molar refractivity (Wildman–Crippen MR) is 71.8 cm³/mol. The molecule has 0 aliphatic rings. The summed E-state index contributed by atoms with van der Waals surface area (Å²) in [6.07, 6.45) is 2.31. The van der Waals surface area contributed by atoms with Crippen molar-refractivity contribution in [3.63, 3.8) is 0 Å². The molecule has 0 heterocycles. The summed E-state index contributed by atoms with van der Waals surface area (Å²) in [4.78, 5) is 0. The Kier molecular flexibility index (Phi) is 4.55. The van der Waals surface area contributed by atoms with Gasteiger partial charge in [0.1, 0.15) is 0 Å². The summed E-state index contributed by atoms with van der Waals surface area (Å²) < 4.78 is 0. The molecule has 0 fully saturated rings. The molecule has 0 aliphatic carbocycles. The van der Waals surface area contributed by atoms with Crippen LogP contribution in [0.1, 0.15) is 38.3 Å². The molecular formula is C15H25N. The van der Waals surface area contributed by atoms with Crippen LogP contribution in [0, 0.1) is 12.3 Å². The van der Waals surface area contributed by atoms with Crippen LogP contribution < -0.4 is 5.32 Å². The summed E-state index contributed by atoms with van der Waals surface area (Å²) in [6, 6.07) is 9.36. The molecule has 1 rings (SSSR count). The largest absolute Gasteiger partial charge is 0.316 e. The van der Waals surface area contributed by atoms with Gasteiger partial charge in [-0.15, -0.1) is 0 Å². The Morgan fingerprint density at radius 2 is 2.00 bits per heavy atom. The number of hydrogen-bond acceptors (Lipinski definition) is 1. The summed E-state index contributed by atoms with van der Waals surface area (Å²) >= 11 is 0. The first-order valence-electron chi connectivity index (χ1n) is 6.22. The van der Waals surface area contributed by atoms with Crippen molar-refractivity contribution in [3.8, 4) is 0 Å². The van der Waals surface area contributed by atoms with E-state index < -0.39 is 0 Å². The molecule has 16 heavy (non-hydrogen) atoms. The van der Waals surface area contributed by atoms with Gasteiger partial charge in [-0.3, -0.25) is 0 Å². The lowest BCUT2D eigenvalue weighted by Gasteiger charge is -2.33. The molecular weight excluding hydrogens is 194 g/mol. The first kappa shape index (κ1) is 13.2. The third-order valence-corrected chi connectivity index (χ3v) is 3.73. The fourth-order valence-corrected chi connectivity index (χ4v) is 2.09. The van der Waals surface area contributed by atoms with Crippen LogP contribution in [0.5, 0.6) is 0 Å². The highest BCUT2D eigenvalue weighted by Crippen LogP contribution is 2.27. The molecule has 1 N–H and O–H groups in total. The molecule has 0 aliphatic heterocycles. The fraction of sp³-hybridized carbons (Fsp3) is 0.600. The van der Waals surface area contributed by atoms with Gasteiger partial charge in [0.25, 0.3) is 0 Å². The van der Waals surface area contributed by atoms with E-state index in [0.29, 0.717) is 11.5 Å². The maximum Gasteiger partial charge on any atom is 0.0155 e. The first-order chi connectivity index (χ1) is 7.49. The standard InChI is InChI=1S/C15H25N/c1-6-15(3,4)14(16-5)11-13-9-7-8-12(2)10-13/h7-10,14,16H,6,11H2,1-5H3. The van der Waals surface area contributed by atoms with Crippen LogP contribution in [0.2, 0.25) is 0 Å². The zero-order chi connectivity index (χ0) is 12.2. The van der Waals surface area contributed by atoms with Gasteiger partial charge in [0, 0.05) is 6.04 Å². The van der Waals surface area contributed by atoms with E-state index in [0.717, 1.165) is 6.42 Å². The smallest absolute Gasteiger partial charge is 0.0155 e. The Morgan fingerprint density at radius 3 is 2.50 bits per heavy atom. The van der Waals surface area contributed by atoms with Crippen molar-refractivity contribution < 1.29 is 0 Å². The van der Waals surface area contributed by atoms with Crippen molar-refractivity contribution in [1.82, 2.24) is 5.32 Å². The van der Waals surface area contributed by atoms with E-state index in [4.69, 9.17) is 0 Å². The Bertz CT molecular complexity index is 328. The zero-order valence-electron chi connectivity index (χ0n) is 11.3. The van der Waals surface area contributed by atoms with Crippen LogP contribution >= 0.6 is 0 Å². The van der Waals surface area contributed by atoms with E-state index in [-0.39, 0.29) is 0 Å². The molecule has 0 saturated carbocycles. The highest BCUT2D eigenvalue weighted by Gasteiger charge is 2.26. The number of benzene rings is 1. The minimum Gasteiger partial charge on any atom is -0.316 e. The van der Waals surface area contributed by atoms with Crippen LogP contribution in [-0.4, -0.2) is 13.1 Å². The van der Waals surface area contributed by atoms with E-state index in [2.05, 4.69) is 64.3 Å². The fourth-order valence-electron chi connectivity index (χ4n) is 2.09. The molecule has 0 radical (unpaired) electrons. The molecule has 90 valence electrons. The maximum atomic E-state index is 3.46. The molecule has 1 heteroatoms. The third kappa shape index (κ3) is 3.34. The van der Waals surface area contributed by atoms with Crippen molar-refractivity contribution in [1.29, 1.82) is 0 Å². The van der Waals surface area contributed by atoms with Gasteiger partial charge in [-0.25, -0.2) is 0 Å². The number of nitrogens with one attached hydrogen (secondary N) is 1. The van der Waals surface area contributed by atoms with E-state index in [9.17, 15) is 0 Å². The minimum atomic E-state index is 0.346. The highest BCUT2D eigenvalue weighted by molar-refractivity contribution is 5.23. The lowest BCUT2D eigenvalue weighted by molar-refractivity contribution is 0.240. The topological polar surface area (TPSA) is 12.0 Å². The molecule has 1 aromatic rings. The molecule has 1 aromatic carbocycles. The second-order valence-electron chi connectivity index (χ2n) is 5.38. The second kappa shape index (κ2) is 5.49. The summed E-state index contributed by atoms with van der Waals surface area (Å²) in [6.45, 7) is 9.09. The number of rotatable bonds is 5. The average Bonchev–Trinajstić information content (AvgIpc) is 2.25. The summed E-state index contributed by atoms with van der Waals surface area (Å²) in [5.41, 5.74) is 3.13. The van der Waals surface area contributed by atoms with Crippen molar-refractivity contribution >= 4 is 0 Å². The van der Waals surface area contributed by atoms with Crippen LogP contribution in [-0.2, 0) is 6.42 Å². The highest BCUT2D eigenvalue weighted by atomic mass is 14.9. The average molecular weight is 219 g/mol. The Labute approximate surface area is 100 Å². The Morgan fingerprint density at radius 1 is 1.31 bits per heavy atom. The van der Waals surface area contributed by atoms with Gasteiger partial charge in [0.15, 0.2) is 0 Å². The van der Waals surface area contributed by atoms with Gasteiger partial charge in [-0.05, 0) is 37.8 Å². The van der Waals surface area contributed by atoms with E-state index >= 15 is 0 Å². The van der Waals surface area contributed by atoms with Crippen LogP contribution in [0.25, 0.3) is 0 Å². The van der Waals surface area contributed by atoms with E-state index in [1.54, 1.807) is 0 Å². The molecule has 1 atom stereocenters. The molecule has 0 aromatic heterocycles. The molecule has 0 spiro atoms. The SMILES string of the molecule is CCC(C)(C)C(Cc1cccc(C)c1)NC.